The van der Waals surface area contributed by atoms with Crippen LogP contribution in [0.1, 0.15) is 42.1 Å². The minimum Gasteiger partial charge on any atom is -0.478 e. The molecule has 110 valence electrons. The van der Waals surface area contributed by atoms with Crippen molar-refractivity contribution < 1.29 is 9.90 Å². The van der Waals surface area contributed by atoms with E-state index < -0.39 is 5.97 Å². The molecule has 7 nitrogen and oxygen atoms in total. The summed E-state index contributed by atoms with van der Waals surface area (Å²) in [6.45, 7) is 0. The number of anilines is 1. The third-order valence-electron chi connectivity index (χ3n) is 3.60. The molecule has 0 spiro atoms. The smallest absolute Gasteiger partial charge is 0.336 e. The number of nitrogen functional groups attached to an aromatic ring is 1. The summed E-state index contributed by atoms with van der Waals surface area (Å²) in [5.74, 6) is -1.01. The molecule has 1 heterocycles. The van der Waals surface area contributed by atoms with Gasteiger partial charge in [0.05, 0.1) is 16.5 Å². The van der Waals surface area contributed by atoms with E-state index in [1.807, 2.05) is 0 Å². The SMILES string of the molecule is Nc1cccc(C(=O)O)c1Sc1nnnn1C1CCCC1. The van der Waals surface area contributed by atoms with Crippen LogP contribution in [0, 0.1) is 0 Å². The normalized spacial score (nSPS) is 15.4. The fourth-order valence-electron chi connectivity index (χ4n) is 2.56. The van der Waals surface area contributed by atoms with Crippen molar-refractivity contribution in [2.24, 2.45) is 0 Å². The summed E-state index contributed by atoms with van der Waals surface area (Å²) < 4.78 is 1.79. The molecule has 1 aromatic carbocycles. The van der Waals surface area contributed by atoms with Gasteiger partial charge >= 0.3 is 5.97 Å². The topological polar surface area (TPSA) is 107 Å². The molecule has 3 rings (SSSR count). The van der Waals surface area contributed by atoms with Crippen LogP contribution in [-0.2, 0) is 0 Å². The predicted octanol–water partition coefficient (Wildman–Crippen LogP) is 2.22. The number of rotatable bonds is 4. The highest BCUT2D eigenvalue weighted by atomic mass is 32.2. The van der Waals surface area contributed by atoms with Crippen molar-refractivity contribution in [3.63, 3.8) is 0 Å². The standard InChI is InChI=1S/C13H15N5O2S/c14-10-7-3-6-9(12(19)20)11(10)21-13-15-16-17-18(13)8-4-1-2-5-8/h3,6-8H,1-2,4-5,14H2,(H,19,20). The molecular weight excluding hydrogens is 290 g/mol. The van der Waals surface area contributed by atoms with Crippen molar-refractivity contribution in [1.29, 1.82) is 0 Å². The molecule has 8 heteroatoms. The highest BCUT2D eigenvalue weighted by Crippen LogP contribution is 2.37. The van der Waals surface area contributed by atoms with E-state index in [0.29, 0.717) is 21.8 Å². The summed E-state index contributed by atoms with van der Waals surface area (Å²) in [5.41, 5.74) is 6.50. The second-order valence-corrected chi connectivity index (χ2v) is 5.95. The van der Waals surface area contributed by atoms with Crippen molar-refractivity contribution >= 4 is 23.4 Å². The number of aromatic carboxylic acids is 1. The lowest BCUT2D eigenvalue weighted by atomic mass is 10.2. The summed E-state index contributed by atoms with van der Waals surface area (Å²) in [6, 6.07) is 5.13. The Bertz CT molecular complexity index is 666. The zero-order chi connectivity index (χ0) is 14.8. The van der Waals surface area contributed by atoms with Gasteiger partial charge in [-0.2, -0.15) is 0 Å². The second-order valence-electron chi connectivity index (χ2n) is 4.98. The number of carboxylic acid groups (broad SMARTS) is 1. The zero-order valence-electron chi connectivity index (χ0n) is 11.3. The molecule has 0 amide bonds. The van der Waals surface area contributed by atoms with E-state index in [1.165, 1.54) is 30.7 Å². The van der Waals surface area contributed by atoms with Gasteiger partial charge in [-0.15, -0.1) is 5.10 Å². The predicted molar refractivity (Wildman–Crippen MR) is 77.3 cm³/mol. The van der Waals surface area contributed by atoms with E-state index in [2.05, 4.69) is 15.5 Å². The molecule has 0 aliphatic heterocycles. The molecule has 0 bridgehead atoms. The second kappa shape index (κ2) is 5.72. The molecule has 0 unspecified atom stereocenters. The fourth-order valence-corrected chi connectivity index (χ4v) is 3.55. The number of aromatic nitrogens is 4. The number of tetrazole rings is 1. The van der Waals surface area contributed by atoms with Gasteiger partial charge in [0.1, 0.15) is 0 Å². The van der Waals surface area contributed by atoms with Crippen LogP contribution in [0.5, 0.6) is 0 Å². The Morgan fingerprint density at radius 3 is 2.86 bits per heavy atom. The van der Waals surface area contributed by atoms with Crippen LogP contribution in [0.4, 0.5) is 5.69 Å². The summed E-state index contributed by atoms with van der Waals surface area (Å²) >= 11 is 1.21. The van der Waals surface area contributed by atoms with Crippen molar-refractivity contribution in [3.8, 4) is 0 Å². The largest absolute Gasteiger partial charge is 0.478 e. The van der Waals surface area contributed by atoms with Crippen LogP contribution in [0.3, 0.4) is 0 Å². The minimum absolute atomic E-state index is 0.168. The monoisotopic (exact) mass is 305 g/mol. The number of carboxylic acids is 1. The Morgan fingerprint density at radius 2 is 2.14 bits per heavy atom. The van der Waals surface area contributed by atoms with Crippen LogP contribution in [0.25, 0.3) is 0 Å². The molecule has 0 radical (unpaired) electrons. The van der Waals surface area contributed by atoms with Crippen molar-refractivity contribution in [2.75, 3.05) is 5.73 Å². The highest BCUT2D eigenvalue weighted by molar-refractivity contribution is 7.99. The van der Waals surface area contributed by atoms with E-state index >= 15 is 0 Å². The first kappa shape index (κ1) is 13.9. The number of carbonyl (C=O) groups is 1. The molecule has 0 saturated heterocycles. The lowest BCUT2D eigenvalue weighted by Crippen LogP contribution is -2.09. The first-order chi connectivity index (χ1) is 10.2. The van der Waals surface area contributed by atoms with Gasteiger partial charge < -0.3 is 10.8 Å². The molecular formula is C13H15N5O2S. The number of hydrogen-bond donors (Lipinski definition) is 2. The Morgan fingerprint density at radius 1 is 1.38 bits per heavy atom. The molecule has 2 aromatic rings. The van der Waals surface area contributed by atoms with Crippen LogP contribution in [0.2, 0.25) is 0 Å². The molecule has 1 aliphatic rings. The highest BCUT2D eigenvalue weighted by Gasteiger charge is 2.23. The summed E-state index contributed by atoms with van der Waals surface area (Å²) in [5, 5.41) is 21.6. The van der Waals surface area contributed by atoms with Crippen LogP contribution in [0.15, 0.2) is 28.3 Å². The lowest BCUT2D eigenvalue weighted by molar-refractivity contribution is 0.0693. The maximum Gasteiger partial charge on any atom is 0.336 e. The van der Waals surface area contributed by atoms with Gasteiger partial charge in [0.25, 0.3) is 0 Å². The molecule has 3 N–H and O–H groups in total. The van der Waals surface area contributed by atoms with Crippen molar-refractivity contribution in [3.05, 3.63) is 23.8 Å². The van der Waals surface area contributed by atoms with E-state index in [-0.39, 0.29) is 5.56 Å². The van der Waals surface area contributed by atoms with Crippen molar-refractivity contribution in [2.45, 2.75) is 41.8 Å². The molecule has 21 heavy (non-hydrogen) atoms. The molecule has 1 aliphatic carbocycles. The Kier molecular flexibility index (Phi) is 3.78. The maximum atomic E-state index is 11.3. The quantitative estimate of drug-likeness (QED) is 0.834. The zero-order valence-corrected chi connectivity index (χ0v) is 12.1. The van der Waals surface area contributed by atoms with E-state index in [0.717, 1.165) is 12.8 Å². The van der Waals surface area contributed by atoms with Crippen LogP contribution >= 0.6 is 11.8 Å². The first-order valence-corrected chi connectivity index (χ1v) is 7.56. The van der Waals surface area contributed by atoms with Gasteiger partial charge in [0.2, 0.25) is 5.16 Å². The Balaban J connectivity index is 1.94. The number of benzene rings is 1. The summed E-state index contributed by atoms with van der Waals surface area (Å²) in [7, 11) is 0. The van der Waals surface area contributed by atoms with Crippen molar-refractivity contribution in [1.82, 2.24) is 20.2 Å². The first-order valence-electron chi connectivity index (χ1n) is 6.74. The van der Waals surface area contributed by atoms with E-state index in [1.54, 1.807) is 16.8 Å². The van der Waals surface area contributed by atoms with Crippen LogP contribution in [-0.4, -0.2) is 31.3 Å². The third-order valence-corrected chi connectivity index (χ3v) is 4.71. The lowest BCUT2D eigenvalue weighted by Gasteiger charge is -2.12. The van der Waals surface area contributed by atoms with Gasteiger partial charge in [0, 0.05) is 5.69 Å². The van der Waals surface area contributed by atoms with E-state index in [9.17, 15) is 9.90 Å². The molecule has 1 aromatic heterocycles. The molecule has 1 saturated carbocycles. The Hall–Kier alpha value is -2.09. The van der Waals surface area contributed by atoms with Gasteiger partial charge in [-0.05, 0) is 47.2 Å². The summed E-state index contributed by atoms with van der Waals surface area (Å²) in [6.07, 6.45) is 4.44. The average molecular weight is 305 g/mol. The van der Waals surface area contributed by atoms with Gasteiger partial charge in [-0.25, -0.2) is 9.48 Å². The summed E-state index contributed by atoms with van der Waals surface area (Å²) in [4.78, 5) is 11.8. The van der Waals surface area contributed by atoms with Crippen LogP contribution < -0.4 is 5.73 Å². The van der Waals surface area contributed by atoms with Gasteiger partial charge in [-0.1, -0.05) is 18.9 Å². The van der Waals surface area contributed by atoms with Gasteiger partial charge in [-0.3, -0.25) is 0 Å². The number of nitrogens with zero attached hydrogens (tertiary/aromatic N) is 4. The maximum absolute atomic E-state index is 11.3. The number of hydrogen-bond acceptors (Lipinski definition) is 6. The number of nitrogens with two attached hydrogens (primary N) is 1. The molecule has 1 fully saturated rings. The third kappa shape index (κ3) is 2.71. The molecule has 0 atom stereocenters. The Labute approximate surface area is 125 Å². The van der Waals surface area contributed by atoms with E-state index in [4.69, 9.17) is 5.73 Å². The fraction of sp³-hybridized carbons (Fsp3) is 0.385. The minimum atomic E-state index is -1.01. The average Bonchev–Trinajstić information content (AvgIpc) is 3.11. The van der Waals surface area contributed by atoms with Gasteiger partial charge in [0.15, 0.2) is 0 Å².